The topological polar surface area (TPSA) is 50.3 Å². The van der Waals surface area contributed by atoms with Crippen molar-refractivity contribution in [3.63, 3.8) is 0 Å². The quantitative estimate of drug-likeness (QED) is 0.795. The number of carbonyl (C=O) groups is 2. The van der Waals surface area contributed by atoms with Gasteiger partial charge in [-0.05, 0) is 37.5 Å². The molecule has 4 heteroatoms. The number of carbonyl (C=O) groups excluding carboxylic acids is 2. The van der Waals surface area contributed by atoms with Crippen molar-refractivity contribution in [3.8, 4) is 0 Å². The van der Waals surface area contributed by atoms with Gasteiger partial charge in [-0.1, -0.05) is 32.0 Å². The van der Waals surface area contributed by atoms with Crippen molar-refractivity contribution in [2.75, 3.05) is 4.90 Å². The molecule has 2 aromatic rings. The van der Waals surface area contributed by atoms with Crippen LogP contribution in [0.5, 0.6) is 0 Å². The molecular formula is C18H18N2O2. The number of aryl methyl sites for hydroxylation is 1. The second kappa shape index (κ2) is 5.05. The van der Waals surface area contributed by atoms with Crippen molar-refractivity contribution in [2.24, 2.45) is 0 Å². The number of nitrogens with zero attached hydrogens (tertiary/aromatic N) is 2. The van der Waals surface area contributed by atoms with Crippen LogP contribution in [0.3, 0.4) is 0 Å². The Morgan fingerprint density at radius 1 is 0.955 bits per heavy atom. The Balaban J connectivity index is 2.26. The molecule has 0 fully saturated rings. The minimum atomic E-state index is -0.273. The number of pyridine rings is 1. The fourth-order valence-corrected chi connectivity index (χ4v) is 2.85. The Bertz CT molecular complexity index is 779. The zero-order valence-electron chi connectivity index (χ0n) is 13.2. The largest absolute Gasteiger partial charge is 0.268 e. The molecule has 1 aromatic carbocycles. The highest BCUT2D eigenvalue weighted by molar-refractivity contribution is 6.35. The summed E-state index contributed by atoms with van der Waals surface area (Å²) in [4.78, 5) is 31.5. The monoisotopic (exact) mass is 294 g/mol. The van der Waals surface area contributed by atoms with Gasteiger partial charge in [0.25, 0.3) is 11.8 Å². The fourth-order valence-electron chi connectivity index (χ4n) is 2.85. The third-order valence-electron chi connectivity index (χ3n) is 4.11. The first-order valence-electron chi connectivity index (χ1n) is 7.38. The van der Waals surface area contributed by atoms with E-state index in [0.29, 0.717) is 22.5 Å². The summed E-state index contributed by atoms with van der Waals surface area (Å²) in [6.45, 7) is 7.70. The molecule has 0 radical (unpaired) electrons. The van der Waals surface area contributed by atoms with Crippen LogP contribution in [-0.4, -0.2) is 16.8 Å². The number of imide groups is 1. The highest BCUT2D eigenvalue weighted by Crippen LogP contribution is 2.34. The number of anilines is 1. The summed E-state index contributed by atoms with van der Waals surface area (Å²) in [5.41, 5.74) is 3.86. The lowest BCUT2D eigenvalue weighted by atomic mass is 9.96. The van der Waals surface area contributed by atoms with Gasteiger partial charge in [0.15, 0.2) is 0 Å². The van der Waals surface area contributed by atoms with E-state index in [1.807, 2.05) is 45.9 Å². The van der Waals surface area contributed by atoms with Gasteiger partial charge in [0, 0.05) is 5.69 Å². The van der Waals surface area contributed by atoms with Crippen LogP contribution in [0.1, 0.15) is 57.4 Å². The number of rotatable bonds is 2. The predicted molar refractivity (Wildman–Crippen MR) is 85.4 cm³/mol. The van der Waals surface area contributed by atoms with E-state index in [2.05, 4.69) is 4.98 Å². The minimum absolute atomic E-state index is 0.0838. The molecule has 2 heterocycles. The summed E-state index contributed by atoms with van der Waals surface area (Å²) in [5, 5.41) is 0. The summed E-state index contributed by atoms with van der Waals surface area (Å²) in [6, 6.07) is 9.04. The van der Waals surface area contributed by atoms with Crippen LogP contribution in [0.4, 0.5) is 5.69 Å². The van der Waals surface area contributed by atoms with Gasteiger partial charge in [0.2, 0.25) is 0 Å². The fraction of sp³-hybridized carbons (Fsp3) is 0.278. The number of amides is 2. The minimum Gasteiger partial charge on any atom is -0.268 e. The number of aromatic nitrogens is 1. The van der Waals surface area contributed by atoms with Gasteiger partial charge in [0.05, 0.1) is 22.5 Å². The molecule has 1 aliphatic rings. The molecule has 3 rings (SSSR count). The summed E-state index contributed by atoms with van der Waals surface area (Å²) >= 11 is 0. The highest BCUT2D eigenvalue weighted by Gasteiger charge is 2.41. The lowest BCUT2D eigenvalue weighted by Gasteiger charge is -2.13. The Morgan fingerprint density at radius 3 is 2.14 bits per heavy atom. The Hall–Kier alpha value is -2.49. The van der Waals surface area contributed by atoms with E-state index in [4.69, 9.17) is 0 Å². The summed E-state index contributed by atoms with van der Waals surface area (Å²) in [5.74, 6) is -0.442. The maximum Gasteiger partial charge on any atom is 0.268 e. The molecule has 2 amide bonds. The Kier molecular flexibility index (Phi) is 3.32. The van der Waals surface area contributed by atoms with Gasteiger partial charge in [0.1, 0.15) is 0 Å². The van der Waals surface area contributed by atoms with Gasteiger partial charge in [-0.2, -0.15) is 0 Å². The van der Waals surface area contributed by atoms with Crippen molar-refractivity contribution >= 4 is 17.5 Å². The number of hydrogen-bond donors (Lipinski definition) is 0. The standard InChI is InChI=1S/C18H18N2O2/c1-10(2)16-15-14(11(3)12(4)19-16)17(21)20(18(15)22)13-8-6-5-7-9-13/h5-10H,1-4H3. The average molecular weight is 294 g/mol. The van der Waals surface area contributed by atoms with Gasteiger partial charge >= 0.3 is 0 Å². The van der Waals surface area contributed by atoms with Crippen molar-refractivity contribution in [1.82, 2.24) is 4.98 Å². The second-order valence-electron chi connectivity index (χ2n) is 5.89. The molecular weight excluding hydrogens is 276 g/mol. The molecule has 112 valence electrons. The first-order chi connectivity index (χ1) is 10.4. The van der Waals surface area contributed by atoms with Crippen LogP contribution < -0.4 is 4.90 Å². The molecule has 0 N–H and O–H groups in total. The molecule has 0 atom stereocenters. The highest BCUT2D eigenvalue weighted by atomic mass is 16.2. The normalized spacial score (nSPS) is 14.0. The average Bonchev–Trinajstić information content (AvgIpc) is 2.75. The molecule has 0 saturated carbocycles. The van der Waals surface area contributed by atoms with E-state index in [1.54, 1.807) is 12.1 Å². The zero-order valence-corrected chi connectivity index (χ0v) is 13.2. The van der Waals surface area contributed by atoms with E-state index >= 15 is 0 Å². The molecule has 0 bridgehead atoms. The summed E-state index contributed by atoms with van der Waals surface area (Å²) < 4.78 is 0. The molecule has 0 unspecified atom stereocenters. The van der Waals surface area contributed by atoms with Crippen LogP contribution in [0.15, 0.2) is 30.3 Å². The van der Waals surface area contributed by atoms with Crippen molar-refractivity contribution < 1.29 is 9.59 Å². The number of fused-ring (bicyclic) bond motifs is 1. The van der Waals surface area contributed by atoms with E-state index in [0.717, 1.165) is 11.3 Å². The molecule has 22 heavy (non-hydrogen) atoms. The van der Waals surface area contributed by atoms with Crippen molar-refractivity contribution in [1.29, 1.82) is 0 Å². The van der Waals surface area contributed by atoms with E-state index in [9.17, 15) is 9.59 Å². The lowest BCUT2D eigenvalue weighted by Crippen LogP contribution is -2.29. The van der Waals surface area contributed by atoms with E-state index in [-0.39, 0.29) is 17.7 Å². The van der Waals surface area contributed by atoms with Crippen LogP contribution in [0.25, 0.3) is 0 Å². The third kappa shape index (κ3) is 1.95. The van der Waals surface area contributed by atoms with Crippen LogP contribution in [-0.2, 0) is 0 Å². The summed E-state index contributed by atoms with van der Waals surface area (Å²) in [6.07, 6.45) is 0. The molecule has 0 spiro atoms. The van der Waals surface area contributed by atoms with Gasteiger partial charge in [-0.25, -0.2) is 4.90 Å². The smallest absolute Gasteiger partial charge is 0.268 e. The van der Waals surface area contributed by atoms with Crippen LogP contribution >= 0.6 is 0 Å². The lowest BCUT2D eigenvalue weighted by molar-refractivity contribution is 0.0925. The first-order valence-corrected chi connectivity index (χ1v) is 7.38. The molecule has 0 aliphatic carbocycles. The zero-order chi connectivity index (χ0) is 16.0. The van der Waals surface area contributed by atoms with E-state index < -0.39 is 0 Å². The van der Waals surface area contributed by atoms with Gasteiger partial charge in [-0.15, -0.1) is 0 Å². The van der Waals surface area contributed by atoms with Gasteiger partial charge in [-0.3, -0.25) is 14.6 Å². The molecule has 0 saturated heterocycles. The van der Waals surface area contributed by atoms with Crippen LogP contribution in [0.2, 0.25) is 0 Å². The first kappa shape index (κ1) is 14.4. The Labute approximate surface area is 129 Å². The summed E-state index contributed by atoms with van der Waals surface area (Å²) in [7, 11) is 0. The third-order valence-corrected chi connectivity index (χ3v) is 4.11. The van der Waals surface area contributed by atoms with Crippen molar-refractivity contribution in [2.45, 2.75) is 33.6 Å². The van der Waals surface area contributed by atoms with E-state index in [1.165, 1.54) is 4.90 Å². The Morgan fingerprint density at radius 2 is 1.55 bits per heavy atom. The predicted octanol–water partition coefficient (Wildman–Crippen LogP) is 3.62. The van der Waals surface area contributed by atoms with Crippen molar-refractivity contribution in [3.05, 3.63) is 58.4 Å². The molecule has 4 nitrogen and oxygen atoms in total. The maximum atomic E-state index is 12.9. The van der Waals surface area contributed by atoms with Crippen LogP contribution in [0, 0.1) is 13.8 Å². The van der Waals surface area contributed by atoms with Gasteiger partial charge < -0.3 is 0 Å². The number of benzene rings is 1. The second-order valence-corrected chi connectivity index (χ2v) is 5.89. The number of hydrogen-bond acceptors (Lipinski definition) is 3. The SMILES string of the molecule is Cc1nc(C(C)C)c2c(c1C)C(=O)N(c1ccccc1)C2=O. The number of para-hydroxylation sites is 1. The molecule has 1 aromatic heterocycles. The molecule has 1 aliphatic heterocycles. The maximum absolute atomic E-state index is 12.9.